The number of allylic oxidation sites excluding steroid dienone is 4. The molecule has 0 spiro atoms. The number of fused-ring (bicyclic) bond motifs is 4. The maximum absolute atomic E-state index is 12.1. The Kier molecular flexibility index (Phi) is 2.76. The predicted octanol–water partition coefficient (Wildman–Crippen LogP) is 3.95. The average Bonchev–Trinajstić information content (AvgIpc) is 3.15. The molecule has 0 amide bonds. The summed E-state index contributed by atoms with van der Waals surface area (Å²) in [7, 11) is 0. The molecule has 2 aliphatic heterocycles. The van der Waals surface area contributed by atoms with Crippen LogP contribution in [0, 0.1) is 11.8 Å². The molecule has 5 rings (SSSR count). The van der Waals surface area contributed by atoms with Gasteiger partial charge in [-0.3, -0.25) is 0 Å². The number of anilines is 1. The van der Waals surface area contributed by atoms with Crippen LogP contribution in [0.1, 0.15) is 35.8 Å². The molecule has 2 heterocycles. The summed E-state index contributed by atoms with van der Waals surface area (Å²) >= 11 is 6.43. The molecule has 0 fully saturated rings. The zero-order valence-corrected chi connectivity index (χ0v) is 13.4. The van der Waals surface area contributed by atoms with E-state index in [2.05, 4.69) is 41.3 Å². The molecular formula is C19H18ClNO2. The summed E-state index contributed by atoms with van der Waals surface area (Å²) in [6.45, 7) is 0.833. The highest BCUT2D eigenvalue weighted by Gasteiger charge is 2.49. The van der Waals surface area contributed by atoms with Crippen LogP contribution in [0.3, 0.4) is 0 Å². The van der Waals surface area contributed by atoms with Crippen molar-refractivity contribution in [1.82, 2.24) is 0 Å². The monoisotopic (exact) mass is 327 g/mol. The van der Waals surface area contributed by atoms with Crippen molar-refractivity contribution in [3.63, 3.8) is 0 Å². The first kappa shape index (κ1) is 13.7. The van der Waals surface area contributed by atoms with Crippen molar-refractivity contribution in [2.45, 2.75) is 30.7 Å². The van der Waals surface area contributed by atoms with E-state index in [1.54, 1.807) is 0 Å². The zero-order valence-electron chi connectivity index (χ0n) is 12.7. The van der Waals surface area contributed by atoms with Gasteiger partial charge in [0.05, 0.1) is 0 Å². The van der Waals surface area contributed by atoms with E-state index in [1.807, 2.05) is 0 Å². The Labute approximate surface area is 140 Å². The molecule has 0 radical (unpaired) electrons. The van der Waals surface area contributed by atoms with Gasteiger partial charge in [0.2, 0.25) is 0 Å². The number of hydrogen-bond donors (Lipinski definition) is 1. The fourth-order valence-corrected chi connectivity index (χ4v) is 5.44. The van der Waals surface area contributed by atoms with Gasteiger partial charge >= 0.3 is 5.97 Å². The van der Waals surface area contributed by atoms with E-state index in [9.17, 15) is 9.90 Å². The van der Waals surface area contributed by atoms with E-state index in [-0.39, 0.29) is 11.8 Å². The van der Waals surface area contributed by atoms with Gasteiger partial charge < -0.3 is 10.0 Å². The summed E-state index contributed by atoms with van der Waals surface area (Å²) in [6.07, 6.45) is 10.7. The van der Waals surface area contributed by atoms with E-state index in [0.717, 1.165) is 30.1 Å². The summed E-state index contributed by atoms with van der Waals surface area (Å²) < 4.78 is 0. The standard InChI is InChI=1S/C19H18ClNO2/c20-11-7-15-12-4-1-3-10(12)9-21-17(15)16(8-11)13-5-2-6-14(13)18(21)19(22)23/h1-2,4-5,7-8,10,12-14,18H,3,6,9H2,(H,22,23)/t10-,12-,13-,14-,18-/m0/s1. The second-order valence-electron chi connectivity index (χ2n) is 7.17. The normalized spacial score (nSPS) is 35.9. The van der Waals surface area contributed by atoms with Crippen molar-refractivity contribution in [1.29, 1.82) is 0 Å². The molecule has 118 valence electrons. The number of hydrogen-bond acceptors (Lipinski definition) is 2. The molecule has 0 saturated carbocycles. The molecule has 1 aromatic carbocycles. The lowest BCUT2D eigenvalue weighted by atomic mass is 9.72. The highest BCUT2D eigenvalue weighted by atomic mass is 35.5. The number of rotatable bonds is 1. The quantitative estimate of drug-likeness (QED) is 0.794. The SMILES string of the molecule is O=C(O)[C@@H]1[C@H]2CC=C[C@@H]2c2cc(Cl)cc3c2N1C[C@@H]1CC=C[C@H]31. The molecule has 1 N–H and O–H groups in total. The summed E-state index contributed by atoms with van der Waals surface area (Å²) in [4.78, 5) is 14.2. The number of benzene rings is 1. The first-order valence-corrected chi connectivity index (χ1v) is 8.69. The summed E-state index contributed by atoms with van der Waals surface area (Å²) in [5.41, 5.74) is 3.59. The highest BCUT2D eigenvalue weighted by molar-refractivity contribution is 6.31. The molecule has 23 heavy (non-hydrogen) atoms. The Balaban J connectivity index is 1.78. The van der Waals surface area contributed by atoms with Crippen LogP contribution in [0.2, 0.25) is 5.02 Å². The highest BCUT2D eigenvalue weighted by Crippen LogP contribution is 2.55. The van der Waals surface area contributed by atoms with E-state index in [4.69, 9.17) is 11.6 Å². The molecule has 0 bridgehead atoms. The number of halogens is 1. The fourth-order valence-electron chi connectivity index (χ4n) is 5.21. The van der Waals surface area contributed by atoms with Gasteiger partial charge in [0.1, 0.15) is 6.04 Å². The number of nitrogens with zero attached hydrogens (tertiary/aromatic N) is 1. The van der Waals surface area contributed by atoms with Crippen molar-refractivity contribution >= 4 is 23.3 Å². The first-order chi connectivity index (χ1) is 11.1. The number of carboxylic acids is 1. The van der Waals surface area contributed by atoms with E-state index >= 15 is 0 Å². The third kappa shape index (κ3) is 1.74. The summed E-state index contributed by atoms with van der Waals surface area (Å²) in [5, 5.41) is 10.7. The summed E-state index contributed by atoms with van der Waals surface area (Å²) in [5.74, 6) is 0.468. The van der Waals surface area contributed by atoms with Gasteiger partial charge in [0.25, 0.3) is 0 Å². The smallest absolute Gasteiger partial charge is 0.326 e. The Bertz CT molecular complexity index is 752. The number of carbonyl (C=O) groups is 1. The van der Waals surface area contributed by atoms with E-state index < -0.39 is 12.0 Å². The maximum atomic E-state index is 12.1. The van der Waals surface area contributed by atoms with Crippen molar-refractivity contribution in [2.24, 2.45) is 11.8 Å². The Hall–Kier alpha value is -1.74. The molecule has 0 saturated heterocycles. The molecule has 0 unspecified atom stereocenters. The van der Waals surface area contributed by atoms with Gasteiger partial charge in [-0.2, -0.15) is 0 Å². The van der Waals surface area contributed by atoms with E-state index in [1.165, 1.54) is 11.1 Å². The Morgan fingerprint density at radius 3 is 2.61 bits per heavy atom. The second kappa shape index (κ2) is 4.64. The third-order valence-corrected chi connectivity index (χ3v) is 6.29. The van der Waals surface area contributed by atoms with Gasteiger partial charge in [-0.1, -0.05) is 35.9 Å². The van der Waals surface area contributed by atoms with Crippen LogP contribution >= 0.6 is 11.6 Å². The molecular weight excluding hydrogens is 310 g/mol. The molecule has 2 aliphatic carbocycles. The van der Waals surface area contributed by atoms with Gasteiger partial charge in [-0.15, -0.1) is 0 Å². The largest absolute Gasteiger partial charge is 0.480 e. The molecule has 3 nitrogen and oxygen atoms in total. The van der Waals surface area contributed by atoms with Crippen LogP contribution in [0.15, 0.2) is 36.4 Å². The number of carboxylic acid groups (broad SMARTS) is 1. The Morgan fingerprint density at radius 1 is 1.13 bits per heavy atom. The first-order valence-electron chi connectivity index (χ1n) is 8.31. The minimum atomic E-state index is -0.695. The second-order valence-corrected chi connectivity index (χ2v) is 7.61. The molecule has 0 aromatic heterocycles. The van der Waals surface area contributed by atoms with Crippen molar-refractivity contribution in [3.8, 4) is 0 Å². The molecule has 1 aromatic rings. The van der Waals surface area contributed by atoms with Crippen molar-refractivity contribution in [2.75, 3.05) is 11.4 Å². The Morgan fingerprint density at radius 2 is 1.83 bits per heavy atom. The molecule has 4 heteroatoms. The lowest BCUT2D eigenvalue weighted by Crippen LogP contribution is -2.54. The van der Waals surface area contributed by atoms with Gasteiger partial charge in [-0.05, 0) is 42.0 Å². The van der Waals surface area contributed by atoms with Crippen molar-refractivity contribution in [3.05, 3.63) is 52.6 Å². The third-order valence-electron chi connectivity index (χ3n) is 6.07. The minimum absolute atomic E-state index is 0.122. The van der Waals surface area contributed by atoms with Crippen LogP contribution in [0.4, 0.5) is 5.69 Å². The average molecular weight is 328 g/mol. The van der Waals surface area contributed by atoms with Gasteiger partial charge in [0.15, 0.2) is 0 Å². The van der Waals surface area contributed by atoms with Gasteiger partial charge in [0, 0.05) is 35.0 Å². The maximum Gasteiger partial charge on any atom is 0.326 e. The number of aliphatic carboxylic acids is 1. The summed E-state index contributed by atoms with van der Waals surface area (Å²) in [6, 6.07) is 3.68. The van der Waals surface area contributed by atoms with Crippen molar-refractivity contribution < 1.29 is 9.90 Å². The topological polar surface area (TPSA) is 40.5 Å². The van der Waals surface area contributed by atoms with Gasteiger partial charge in [-0.25, -0.2) is 4.79 Å². The van der Waals surface area contributed by atoms with Crippen LogP contribution in [0.5, 0.6) is 0 Å². The van der Waals surface area contributed by atoms with Crippen LogP contribution in [0.25, 0.3) is 0 Å². The van der Waals surface area contributed by atoms with Crippen LogP contribution in [-0.4, -0.2) is 23.7 Å². The fraction of sp³-hybridized carbons (Fsp3) is 0.421. The lowest BCUT2D eigenvalue weighted by molar-refractivity contribution is -0.140. The van der Waals surface area contributed by atoms with Crippen LogP contribution < -0.4 is 4.90 Å². The zero-order chi connectivity index (χ0) is 15.7. The predicted molar refractivity (Wildman–Crippen MR) is 90.2 cm³/mol. The molecule has 5 atom stereocenters. The minimum Gasteiger partial charge on any atom is -0.480 e. The van der Waals surface area contributed by atoms with E-state index in [0.29, 0.717) is 11.8 Å². The van der Waals surface area contributed by atoms with Crippen LogP contribution in [-0.2, 0) is 4.79 Å². The lowest BCUT2D eigenvalue weighted by Gasteiger charge is -2.49. The molecule has 4 aliphatic rings.